The zero-order valence-corrected chi connectivity index (χ0v) is 15.2. The smallest absolute Gasteiger partial charge is 0.411 e. The molecule has 1 saturated heterocycles. The highest BCUT2D eigenvalue weighted by Crippen LogP contribution is 2.32. The normalized spacial score (nSPS) is 20.4. The fraction of sp³-hybridized carbons (Fsp3) is 0.875. The molecule has 5 nitrogen and oxygen atoms in total. The zero-order chi connectivity index (χ0) is 16.8. The van der Waals surface area contributed by atoms with Gasteiger partial charge in [0, 0.05) is 11.8 Å². The molecule has 1 heterocycles. The van der Waals surface area contributed by atoms with Gasteiger partial charge in [-0.05, 0) is 47.0 Å². The summed E-state index contributed by atoms with van der Waals surface area (Å²) in [5.41, 5.74) is -0.486. The van der Waals surface area contributed by atoms with Gasteiger partial charge in [0.1, 0.15) is 5.60 Å². The molecule has 0 aromatic carbocycles. The minimum Gasteiger partial charge on any atom is -0.466 e. The molecule has 2 unspecified atom stereocenters. The Hall–Kier alpha value is -0.910. The lowest BCUT2D eigenvalue weighted by Crippen LogP contribution is -2.45. The number of amides is 1. The number of carbonyl (C=O) groups excluding carboxylic acids is 2. The third kappa shape index (κ3) is 6.90. The monoisotopic (exact) mass is 331 g/mol. The lowest BCUT2D eigenvalue weighted by Gasteiger charge is -2.37. The van der Waals surface area contributed by atoms with Gasteiger partial charge < -0.3 is 9.47 Å². The molecule has 0 aromatic heterocycles. The van der Waals surface area contributed by atoms with Crippen molar-refractivity contribution in [2.24, 2.45) is 0 Å². The minimum atomic E-state index is -0.486. The maximum absolute atomic E-state index is 12.3. The van der Waals surface area contributed by atoms with Crippen molar-refractivity contribution in [1.82, 2.24) is 4.90 Å². The van der Waals surface area contributed by atoms with E-state index in [1.54, 1.807) is 23.6 Å². The van der Waals surface area contributed by atoms with Gasteiger partial charge in [-0.3, -0.25) is 9.69 Å². The molecule has 0 saturated carbocycles. The lowest BCUT2D eigenvalue weighted by molar-refractivity contribution is -0.142. The summed E-state index contributed by atoms with van der Waals surface area (Å²) in [5, 5.41) is 0.195. The molecule has 0 bridgehead atoms. The molecule has 0 aliphatic carbocycles. The number of thioether (sulfide) groups is 1. The predicted octanol–water partition coefficient (Wildman–Crippen LogP) is 3.81. The molecule has 0 aromatic rings. The predicted molar refractivity (Wildman–Crippen MR) is 88.9 cm³/mol. The Morgan fingerprint density at radius 1 is 1.32 bits per heavy atom. The number of piperidine rings is 1. The summed E-state index contributed by atoms with van der Waals surface area (Å²) in [4.78, 5) is 25.7. The standard InChI is InChI=1S/C16H29NO4S/c1-6-20-14(18)11-12(2)22-13-9-7-8-10-17(13)15(19)21-16(3,4)5/h12-13H,6-11H2,1-5H3. The molecular weight excluding hydrogens is 302 g/mol. The van der Waals surface area contributed by atoms with E-state index in [0.717, 1.165) is 25.8 Å². The lowest BCUT2D eigenvalue weighted by atomic mass is 10.1. The number of ether oxygens (including phenoxy) is 2. The van der Waals surface area contributed by atoms with Crippen LogP contribution >= 0.6 is 11.8 Å². The number of hydrogen-bond donors (Lipinski definition) is 0. The van der Waals surface area contributed by atoms with Crippen LogP contribution in [-0.2, 0) is 14.3 Å². The van der Waals surface area contributed by atoms with Crippen LogP contribution in [-0.4, -0.2) is 46.3 Å². The van der Waals surface area contributed by atoms with Crippen molar-refractivity contribution >= 4 is 23.8 Å². The molecule has 0 spiro atoms. The summed E-state index contributed by atoms with van der Waals surface area (Å²) in [6, 6.07) is 0. The van der Waals surface area contributed by atoms with Crippen LogP contribution in [0.1, 0.15) is 60.3 Å². The van der Waals surface area contributed by atoms with Gasteiger partial charge in [0.25, 0.3) is 0 Å². The van der Waals surface area contributed by atoms with Crippen molar-refractivity contribution in [3.8, 4) is 0 Å². The Morgan fingerprint density at radius 2 is 2.00 bits per heavy atom. The summed E-state index contributed by atoms with van der Waals surface area (Å²) in [6.07, 6.45) is 3.16. The summed E-state index contributed by atoms with van der Waals surface area (Å²) >= 11 is 1.66. The molecule has 128 valence electrons. The van der Waals surface area contributed by atoms with E-state index in [4.69, 9.17) is 9.47 Å². The van der Waals surface area contributed by atoms with Gasteiger partial charge in [-0.15, -0.1) is 11.8 Å². The van der Waals surface area contributed by atoms with Gasteiger partial charge in [-0.25, -0.2) is 4.79 Å². The molecule has 2 atom stereocenters. The second kappa shape index (κ2) is 8.65. The van der Waals surface area contributed by atoms with Crippen molar-refractivity contribution in [3.05, 3.63) is 0 Å². The molecular formula is C16H29NO4S. The highest BCUT2D eigenvalue weighted by atomic mass is 32.2. The summed E-state index contributed by atoms with van der Waals surface area (Å²) in [7, 11) is 0. The van der Waals surface area contributed by atoms with E-state index in [0.29, 0.717) is 13.0 Å². The second-order valence-electron chi connectivity index (χ2n) is 6.58. The Bertz CT molecular complexity index is 381. The zero-order valence-electron chi connectivity index (χ0n) is 14.4. The first kappa shape index (κ1) is 19.1. The van der Waals surface area contributed by atoms with Crippen LogP contribution in [0.3, 0.4) is 0 Å². The van der Waals surface area contributed by atoms with E-state index in [2.05, 4.69) is 0 Å². The first-order chi connectivity index (χ1) is 10.2. The number of carbonyl (C=O) groups is 2. The Balaban J connectivity index is 2.57. The van der Waals surface area contributed by atoms with E-state index in [1.807, 2.05) is 27.7 Å². The van der Waals surface area contributed by atoms with Crippen LogP contribution in [0.2, 0.25) is 0 Å². The third-order valence-corrected chi connectivity index (χ3v) is 4.66. The van der Waals surface area contributed by atoms with E-state index in [1.165, 1.54) is 0 Å². The van der Waals surface area contributed by atoms with Crippen LogP contribution < -0.4 is 0 Å². The molecule has 6 heteroatoms. The van der Waals surface area contributed by atoms with Gasteiger partial charge >= 0.3 is 12.1 Å². The molecule has 0 radical (unpaired) electrons. The van der Waals surface area contributed by atoms with E-state index >= 15 is 0 Å². The molecule has 22 heavy (non-hydrogen) atoms. The highest BCUT2D eigenvalue weighted by molar-refractivity contribution is 8.00. The maximum Gasteiger partial charge on any atom is 0.411 e. The largest absolute Gasteiger partial charge is 0.466 e. The molecule has 1 aliphatic rings. The van der Waals surface area contributed by atoms with Crippen molar-refractivity contribution in [1.29, 1.82) is 0 Å². The average molecular weight is 331 g/mol. The molecule has 1 rings (SSSR count). The number of esters is 1. The minimum absolute atomic E-state index is 0.0769. The van der Waals surface area contributed by atoms with E-state index in [9.17, 15) is 9.59 Å². The van der Waals surface area contributed by atoms with Crippen LogP contribution in [0.25, 0.3) is 0 Å². The fourth-order valence-electron chi connectivity index (χ4n) is 2.34. The SMILES string of the molecule is CCOC(=O)CC(C)SC1CCCCN1C(=O)OC(C)(C)C. The number of nitrogens with zero attached hydrogens (tertiary/aromatic N) is 1. The van der Waals surface area contributed by atoms with Crippen LogP contribution in [0.4, 0.5) is 4.79 Å². The number of likely N-dealkylation sites (tertiary alicyclic amines) is 1. The van der Waals surface area contributed by atoms with Gasteiger partial charge in [0.05, 0.1) is 18.4 Å². The van der Waals surface area contributed by atoms with E-state index in [-0.39, 0.29) is 22.7 Å². The molecule has 1 amide bonds. The topological polar surface area (TPSA) is 55.8 Å². The Kier molecular flexibility index (Phi) is 7.53. The van der Waals surface area contributed by atoms with Crippen molar-refractivity contribution in [2.75, 3.05) is 13.2 Å². The van der Waals surface area contributed by atoms with E-state index < -0.39 is 5.60 Å². The maximum atomic E-state index is 12.3. The van der Waals surface area contributed by atoms with Crippen molar-refractivity contribution < 1.29 is 19.1 Å². The Morgan fingerprint density at radius 3 is 2.59 bits per heavy atom. The summed E-state index contributed by atoms with van der Waals surface area (Å²) in [5.74, 6) is -0.179. The third-order valence-electron chi connectivity index (χ3n) is 3.22. The first-order valence-corrected chi connectivity index (χ1v) is 8.98. The second-order valence-corrected chi connectivity index (χ2v) is 8.20. The van der Waals surface area contributed by atoms with Crippen LogP contribution in [0.5, 0.6) is 0 Å². The van der Waals surface area contributed by atoms with Crippen LogP contribution in [0.15, 0.2) is 0 Å². The van der Waals surface area contributed by atoms with Gasteiger partial charge in [0.15, 0.2) is 0 Å². The van der Waals surface area contributed by atoms with Gasteiger partial charge in [0.2, 0.25) is 0 Å². The molecule has 1 aliphatic heterocycles. The number of hydrogen-bond acceptors (Lipinski definition) is 5. The quantitative estimate of drug-likeness (QED) is 0.717. The van der Waals surface area contributed by atoms with Gasteiger partial charge in [-0.2, -0.15) is 0 Å². The van der Waals surface area contributed by atoms with Crippen molar-refractivity contribution in [3.63, 3.8) is 0 Å². The number of rotatable bonds is 5. The molecule has 1 fully saturated rings. The fourth-order valence-corrected chi connectivity index (χ4v) is 3.75. The molecule has 0 N–H and O–H groups in total. The first-order valence-electron chi connectivity index (χ1n) is 8.03. The Labute approximate surface area is 138 Å². The van der Waals surface area contributed by atoms with Crippen LogP contribution in [0, 0.1) is 0 Å². The summed E-state index contributed by atoms with van der Waals surface area (Å²) in [6.45, 7) is 10.6. The average Bonchev–Trinajstić information content (AvgIpc) is 2.37. The summed E-state index contributed by atoms with van der Waals surface area (Å²) < 4.78 is 10.5. The highest BCUT2D eigenvalue weighted by Gasteiger charge is 2.32. The van der Waals surface area contributed by atoms with Gasteiger partial charge in [-0.1, -0.05) is 6.92 Å². The van der Waals surface area contributed by atoms with Crippen molar-refractivity contribution in [2.45, 2.75) is 76.5 Å².